The third-order valence-corrected chi connectivity index (χ3v) is 4.52. The second-order valence-corrected chi connectivity index (χ2v) is 7.56. The van der Waals surface area contributed by atoms with Gasteiger partial charge in [0.1, 0.15) is 12.4 Å². The average Bonchev–Trinajstić information content (AvgIpc) is 2.34. The molecule has 0 fully saturated rings. The van der Waals surface area contributed by atoms with Crippen LogP contribution >= 0.6 is 0 Å². The first-order valence-corrected chi connectivity index (χ1v) is 7.35. The van der Waals surface area contributed by atoms with Gasteiger partial charge < -0.3 is 15.7 Å². The summed E-state index contributed by atoms with van der Waals surface area (Å²) in [5, 5.41) is 11.2. The lowest BCUT2D eigenvalue weighted by Gasteiger charge is -2.20. The van der Waals surface area contributed by atoms with Crippen LogP contribution in [0.2, 0.25) is 0 Å². The number of benzene rings is 1. The molecule has 0 atom stereocenters. The number of nitrogens with two attached hydrogens (primary N) is 1. The number of hydrogen-bond acceptors (Lipinski definition) is 5. The monoisotopic (exact) mass is 301 g/mol. The normalized spacial score (nSPS) is 13.1. The SMILES string of the molecule is CC(C)(C)S(=O)(=O)Nc1cccc(OCC(N)=NO)c1. The van der Waals surface area contributed by atoms with Gasteiger partial charge in [-0.25, -0.2) is 8.42 Å². The molecule has 0 aliphatic rings. The highest BCUT2D eigenvalue weighted by molar-refractivity contribution is 7.94. The van der Waals surface area contributed by atoms with Crippen molar-refractivity contribution in [1.29, 1.82) is 0 Å². The number of amidine groups is 1. The standard InChI is InChI=1S/C12H19N3O4S/c1-12(2,3)20(17,18)15-9-5-4-6-10(7-9)19-8-11(13)14-16/h4-7,15-16H,8H2,1-3H3,(H2,13,14). The van der Waals surface area contributed by atoms with E-state index in [4.69, 9.17) is 15.7 Å². The Bertz CT molecular complexity index is 591. The molecule has 0 heterocycles. The van der Waals surface area contributed by atoms with Gasteiger partial charge in [-0.1, -0.05) is 11.2 Å². The van der Waals surface area contributed by atoms with Crippen molar-refractivity contribution in [2.75, 3.05) is 11.3 Å². The van der Waals surface area contributed by atoms with Crippen molar-refractivity contribution in [2.45, 2.75) is 25.5 Å². The third-order valence-electron chi connectivity index (χ3n) is 2.41. The van der Waals surface area contributed by atoms with Crippen LogP contribution < -0.4 is 15.2 Å². The van der Waals surface area contributed by atoms with Crippen LogP contribution in [0.5, 0.6) is 5.75 Å². The molecule has 112 valence electrons. The van der Waals surface area contributed by atoms with E-state index in [1.54, 1.807) is 39.0 Å². The maximum Gasteiger partial charge on any atom is 0.237 e. The Labute approximate surface area is 118 Å². The zero-order chi connectivity index (χ0) is 15.4. The molecule has 0 bridgehead atoms. The van der Waals surface area contributed by atoms with Crippen LogP contribution in [0.25, 0.3) is 0 Å². The van der Waals surface area contributed by atoms with E-state index in [0.29, 0.717) is 11.4 Å². The van der Waals surface area contributed by atoms with Gasteiger partial charge in [0.2, 0.25) is 10.0 Å². The van der Waals surface area contributed by atoms with Crippen LogP contribution in [-0.4, -0.2) is 30.8 Å². The van der Waals surface area contributed by atoms with Gasteiger partial charge in [-0.15, -0.1) is 0 Å². The molecule has 0 unspecified atom stereocenters. The van der Waals surface area contributed by atoms with Gasteiger partial charge in [-0.3, -0.25) is 4.72 Å². The van der Waals surface area contributed by atoms with E-state index in [-0.39, 0.29) is 12.4 Å². The van der Waals surface area contributed by atoms with Gasteiger partial charge in [0.05, 0.1) is 10.4 Å². The fourth-order valence-corrected chi connectivity index (χ4v) is 1.89. The molecule has 4 N–H and O–H groups in total. The quantitative estimate of drug-likeness (QED) is 0.329. The predicted octanol–water partition coefficient (Wildman–Crippen LogP) is 1.35. The topological polar surface area (TPSA) is 114 Å². The van der Waals surface area contributed by atoms with E-state index < -0.39 is 14.8 Å². The Morgan fingerprint density at radius 1 is 1.45 bits per heavy atom. The molecule has 8 heteroatoms. The summed E-state index contributed by atoms with van der Waals surface area (Å²) in [5.74, 6) is 0.330. The average molecular weight is 301 g/mol. The molecular weight excluding hydrogens is 282 g/mol. The van der Waals surface area contributed by atoms with Crippen molar-refractivity contribution in [2.24, 2.45) is 10.9 Å². The zero-order valence-electron chi connectivity index (χ0n) is 11.6. The highest BCUT2D eigenvalue weighted by atomic mass is 32.2. The van der Waals surface area contributed by atoms with Crippen molar-refractivity contribution < 1.29 is 18.4 Å². The molecule has 1 rings (SSSR count). The molecule has 7 nitrogen and oxygen atoms in total. The van der Waals surface area contributed by atoms with Crippen LogP contribution in [-0.2, 0) is 10.0 Å². The van der Waals surface area contributed by atoms with Crippen molar-refractivity contribution >= 4 is 21.5 Å². The Kier molecular flexibility index (Phi) is 4.83. The number of rotatable bonds is 5. The van der Waals surface area contributed by atoms with Crippen molar-refractivity contribution in [3.8, 4) is 5.75 Å². The van der Waals surface area contributed by atoms with Crippen LogP contribution in [0.4, 0.5) is 5.69 Å². The van der Waals surface area contributed by atoms with Crippen LogP contribution in [0.1, 0.15) is 20.8 Å². The molecular formula is C12H19N3O4S. The second kappa shape index (κ2) is 6.00. The minimum atomic E-state index is -3.50. The van der Waals surface area contributed by atoms with E-state index in [1.807, 2.05) is 0 Å². The van der Waals surface area contributed by atoms with Gasteiger partial charge in [0.15, 0.2) is 5.84 Å². The third kappa shape index (κ3) is 4.30. The summed E-state index contributed by atoms with van der Waals surface area (Å²) < 4.78 is 30.9. The second-order valence-electron chi connectivity index (χ2n) is 5.13. The number of nitrogens with one attached hydrogen (secondary N) is 1. The Morgan fingerprint density at radius 2 is 2.10 bits per heavy atom. The molecule has 0 aliphatic carbocycles. The van der Waals surface area contributed by atoms with Gasteiger partial charge in [0, 0.05) is 6.07 Å². The van der Waals surface area contributed by atoms with Gasteiger partial charge in [0.25, 0.3) is 0 Å². The van der Waals surface area contributed by atoms with Gasteiger partial charge in [-0.2, -0.15) is 0 Å². The van der Waals surface area contributed by atoms with Gasteiger partial charge >= 0.3 is 0 Å². The first-order chi connectivity index (χ1) is 9.15. The summed E-state index contributed by atoms with van der Waals surface area (Å²) in [7, 11) is -3.50. The summed E-state index contributed by atoms with van der Waals surface area (Å²) >= 11 is 0. The summed E-state index contributed by atoms with van der Waals surface area (Å²) in [5.41, 5.74) is 5.67. The molecule has 0 spiro atoms. The number of hydrogen-bond donors (Lipinski definition) is 3. The van der Waals surface area contributed by atoms with Crippen molar-refractivity contribution in [3.05, 3.63) is 24.3 Å². The number of anilines is 1. The maximum atomic E-state index is 12.0. The molecule has 0 amide bonds. The Hall–Kier alpha value is -1.96. The molecule has 1 aromatic carbocycles. The summed E-state index contributed by atoms with van der Waals surface area (Å²) in [4.78, 5) is 0. The van der Waals surface area contributed by atoms with E-state index in [0.717, 1.165) is 0 Å². The van der Waals surface area contributed by atoms with Crippen LogP contribution in [0, 0.1) is 0 Å². The molecule has 20 heavy (non-hydrogen) atoms. The highest BCUT2D eigenvalue weighted by Crippen LogP contribution is 2.22. The van der Waals surface area contributed by atoms with Crippen LogP contribution in [0.3, 0.4) is 0 Å². The minimum Gasteiger partial charge on any atom is -0.485 e. The molecule has 0 radical (unpaired) electrons. The molecule has 0 aliphatic heterocycles. The number of ether oxygens (including phenoxy) is 1. The van der Waals surface area contributed by atoms with Crippen LogP contribution in [0.15, 0.2) is 29.4 Å². The summed E-state index contributed by atoms with van der Waals surface area (Å²) in [6.07, 6.45) is 0. The minimum absolute atomic E-state index is 0.0781. The largest absolute Gasteiger partial charge is 0.485 e. The zero-order valence-corrected chi connectivity index (χ0v) is 12.4. The van der Waals surface area contributed by atoms with Crippen molar-refractivity contribution in [3.63, 3.8) is 0 Å². The predicted molar refractivity (Wildman–Crippen MR) is 77.6 cm³/mol. The van der Waals surface area contributed by atoms with E-state index in [1.165, 1.54) is 6.07 Å². The number of sulfonamides is 1. The smallest absolute Gasteiger partial charge is 0.237 e. The fourth-order valence-electron chi connectivity index (χ4n) is 1.14. The Balaban J connectivity index is 2.84. The lowest BCUT2D eigenvalue weighted by molar-refractivity contribution is 0.306. The van der Waals surface area contributed by atoms with E-state index in [9.17, 15) is 8.42 Å². The van der Waals surface area contributed by atoms with E-state index in [2.05, 4.69) is 9.88 Å². The number of oxime groups is 1. The molecule has 0 aromatic heterocycles. The van der Waals surface area contributed by atoms with Crippen molar-refractivity contribution in [1.82, 2.24) is 0 Å². The molecule has 0 saturated heterocycles. The summed E-state index contributed by atoms with van der Waals surface area (Å²) in [6, 6.07) is 6.41. The van der Waals surface area contributed by atoms with E-state index >= 15 is 0 Å². The lowest BCUT2D eigenvalue weighted by Crippen LogP contribution is -2.33. The number of nitrogens with zero attached hydrogens (tertiary/aromatic N) is 1. The Morgan fingerprint density at radius 3 is 2.65 bits per heavy atom. The lowest BCUT2D eigenvalue weighted by atomic mass is 10.3. The first-order valence-electron chi connectivity index (χ1n) is 5.87. The summed E-state index contributed by atoms with van der Waals surface area (Å²) in [6.45, 7) is 4.72. The molecule has 0 saturated carbocycles. The first kappa shape index (κ1) is 16.1. The van der Waals surface area contributed by atoms with Gasteiger partial charge in [-0.05, 0) is 32.9 Å². The molecule has 1 aromatic rings. The maximum absolute atomic E-state index is 12.0. The fraction of sp³-hybridized carbons (Fsp3) is 0.417. The highest BCUT2D eigenvalue weighted by Gasteiger charge is 2.28.